The molecule has 0 amide bonds. The molecule has 0 spiro atoms. The van der Waals surface area contributed by atoms with Crippen LogP contribution < -0.4 is 10.5 Å². The average molecular weight is 325 g/mol. The third-order valence-electron chi connectivity index (χ3n) is 4.88. The van der Waals surface area contributed by atoms with Crippen LogP contribution in [0.5, 0.6) is 5.75 Å². The molecule has 1 aromatic carbocycles. The molecule has 1 atom stereocenters. The Labute approximate surface area is 144 Å². The number of hydrogen-bond acceptors (Lipinski definition) is 4. The van der Waals surface area contributed by atoms with E-state index >= 15 is 0 Å². The molecule has 2 heterocycles. The molecule has 1 fully saturated rings. The fourth-order valence-corrected chi connectivity index (χ4v) is 3.21. The Kier molecular flexibility index (Phi) is 5.17. The molecule has 1 aromatic heterocycles. The van der Waals surface area contributed by atoms with Gasteiger partial charge in [0.15, 0.2) is 0 Å². The molecule has 2 aromatic rings. The minimum absolute atomic E-state index is 0.186. The van der Waals surface area contributed by atoms with Crippen molar-refractivity contribution in [2.75, 3.05) is 13.1 Å². The van der Waals surface area contributed by atoms with Gasteiger partial charge in [0.1, 0.15) is 12.4 Å². The Balaban J connectivity index is 1.53. The Bertz CT molecular complexity index is 640. The normalized spacial score (nSPS) is 20.7. The van der Waals surface area contributed by atoms with E-state index in [1.807, 2.05) is 12.1 Å². The van der Waals surface area contributed by atoms with Gasteiger partial charge >= 0.3 is 0 Å². The van der Waals surface area contributed by atoms with Crippen LogP contribution in [0.1, 0.15) is 31.4 Å². The van der Waals surface area contributed by atoms with E-state index < -0.39 is 0 Å². The van der Waals surface area contributed by atoms with Gasteiger partial charge < -0.3 is 10.5 Å². The van der Waals surface area contributed by atoms with Crippen LogP contribution in [-0.2, 0) is 13.2 Å². The number of rotatable bonds is 5. The molecule has 3 rings (SSSR count). The first-order valence-electron chi connectivity index (χ1n) is 8.61. The van der Waals surface area contributed by atoms with Gasteiger partial charge in [0, 0.05) is 38.1 Å². The van der Waals surface area contributed by atoms with E-state index in [1.165, 1.54) is 5.56 Å². The molecule has 4 nitrogen and oxygen atoms in total. The van der Waals surface area contributed by atoms with Crippen LogP contribution in [0.15, 0.2) is 48.8 Å². The smallest absolute Gasteiger partial charge is 0.119 e. The lowest BCUT2D eigenvalue weighted by molar-refractivity contribution is 0.0898. The van der Waals surface area contributed by atoms with E-state index in [-0.39, 0.29) is 5.41 Å². The maximum atomic E-state index is 6.22. The van der Waals surface area contributed by atoms with E-state index in [1.54, 1.807) is 12.4 Å². The third kappa shape index (κ3) is 4.34. The quantitative estimate of drug-likeness (QED) is 0.917. The summed E-state index contributed by atoms with van der Waals surface area (Å²) >= 11 is 0. The van der Waals surface area contributed by atoms with Crippen molar-refractivity contribution in [2.24, 2.45) is 11.1 Å². The molecule has 0 bridgehead atoms. The van der Waals surface area contributed by atoms with Crippen molar-refractivity contribution >= 4 is 0 Å². The molecule has 0 radical (unpaired) electrons. The standard InChI is InChI=1S/C20H27N3O/c1-20(2)15-23(12-9-19(20)21)13-16-3-5-18(6-4-16)24-14-17-7-10-22-11-8-17/h3-8,10-11,19H,9,12-15,21H2,1-2H3. The number of piperidine rings is 1. The van der Waals surface area contributed by atoms with Crippen LogP contribution >= 0.6 is 0 Å². The lowest BCUT2D eigenvalue weighted by Gasteiger charge is -2.42. The molecular formula is C20H27N3O. The van der Waals surface area contributed by atoms with E-state index in [4.69, 9.17) is 10.5 Å². The van der Waals surface area contributed by atoms with Crippen molar-refractivity contribution in [3.8, 4) is 5.75 Å². The van der Waals surface area contributed by atoms with Gasteiger partial charge in [-0.3, -0.25) is 9.88 Å². The summed E-state index contributed by atoms with van der Waals surface area (Å²) in [6.07, 6.45) is 4.64. The first-order valence-corrected chi connectivity index (χ1v) is 8.61. The maximum Gasteiger partial charge on any atom is 0.119 e. The number of hydrogen-bond donors (Lipinski definition) is 1. The number of nitrogens with two attached hydrogens (primary N) is 1. The molecule has 1 unspecified atom stereocenters. The summed E-state index contributed by atoms with van der Waals surface area (Å²) in [6.45, 7) is 8.19. The van der Waals surface area contributed by atoms with Crippen molar-refractivity contribution in [1.29, 1.82) is 0 Å². The maximum absolute atomic E-state index is 6.22. The second-order valence-electron chi connectivity index (χ2n) is 7.38. The number of aromatic nitrogens is 1. The van der Waals surface area contributed by atoms with Gasteiger partial charge in [0.2, 0.25) is 0 Å². The van der Waals surface area contributed by atoms with E-state index in [0.717, 1.165) is 37.4 Å². The average Bonchev–Trinajstić information content (AvgIpc) is 2.58. The monoisotopic (exact) mass is 325 g/mol. The number of benzene rings is 1. The van der Waals surface area contributed by atoms with Gasteiger partial charge in [-0.1, -0.05) is 26.0 Å². The first-order chi connectivity index (χ1) is 11.5. The van der Waals surface area contributed by atoms with Crippen LogP contribution in [-0.4, -0.2) is 29.0 Å². The zero-order valence-electron chi connectivity index (χ0n) is 14.6. The fourth-order valence-electron chi connectivity index (χ4n) is 3.21. The van der Waals surface area contributed by atoms with Crippen molar-refractivity contribution in [2.45, 2.75) is 39.5 Å². The number of pyridine rings is 1. The lowest BCUT2D eigenvalue weighted by atomic mass is 9.79. The molecule has 1 saturated heterocycles. The molecular weight excluding hydrogens is 298 g/mol. The summed E-state index contributed by atoms with van der Waals surface area (Å²) in [5.41, 5.74) is 8.85. The Morgan fingerprint density at radius 1 is 1.12 bits per heavy atom. The summed E-state index contributed by atoms with van der Waals surface area (Å²) in [7, 11) is 0. The van der Waals surface area contributed by atoms with Gasteiger partial charge in [-0.05, 0) is 47.2 Å². The van der Waals surface area contributed by atoms with Crippen molar-refractivity contribution in [3.05, 3.63) is 59.9 Å². The SMILES string of the molecule is CC1(C)CN(Cc2ccc(OCc3ccncc3)cc2)CCC1N. The summed E-state index contributed by atoms with van der Waals surface area (Å²) in [4.78, 5) is 6.51. The van der Waals surface area contributed by atoms with Gasteiger partial charge in [0.05, 0.1) is 0 Å². The summed E-state index contributed by atoms with van der Waals surface area (Å²) in [5, 5.41) is 0. The predicted molar refractivity (Wildman–Crippen MR) is 96.7 cm³/mol. The third-order valence-corrected chi connectivity index (χ3v) is 4.88. The highest BCUT2D eigenvalue weighted by molar-refractivity contribution is 5.27. The number of likely N-dealkylation sites (tertiary alicyclic amines) is 1. The molecule has 0 saturated carbocycles. The Morgan fingerprint density at radius 2 is 1.83 bits per heavy atom. The highest BCUT2D eigenvalue weighted by Crippen LogP contribution is 2.28. The number of ether oxygens (including phenoxy) is 1. The zero-order valence-corrected chi connectivity index (χ0v) is 14.6. The first kappa shape index (κ1) is 16.9. The van der Waals surface area contributed by atoms with Gasteiger partial charge in [0.25, 0.3) is 0 Å². The second kappa shape index (κ2) is 7.32. The van der Waals surface area contributed by atoms with E-state index in [9.17, 15) is 0 Å². The Morgan fingerprint density at radius 3 is 2.50 bits per heavy atom. The van der Waals surface area contributed by atoms with Crippen molar-refractivity contribution in [3.63, 3.8) is 0 Å². The largest absolute Gasteiger partial charge is 0.489 e. The van der Waals surface area contributed by atoms with Gasteiger partial charge in [-0.2, -0.15) is 0 Å². The van der Waals surface area contributed by atoms with Crippen molar-refractivity contribution in [1.82, 2.24) is 9.88 Å². The number of nitrogens with zero attached hydrogens (tertiary/aromatic N) is 2. The van der Waals surface area contributed by atoms with Crippen molar-refractivity contribution < 1.29 is 4.74 Å². The minimum Gasteiger partial charge on any atom is -0.489 e. The van der Waals surface area contributed by atoms with Gasteiger partial charge in [-0.15, -0.1) is 0 Å². The lowest BCUT2D eigenvalue weighted by Crippen LogP contribution is -2.52. The summed E-state index contributed by atoms with van der Waals surface area (Å²) < 4.78 is 5.83. The molecule has 128 valence electrons. The van der Waals surface area contributed by atoms with Crippen LogP contribution in [0.25, 0.3) is 0 Å². The molecule has 2 N–H and O–H groups in total. The van der Waals surface area contributed by atoms with Gasteiger partial charge in [-0.25, -0.2) is 0 Å². The van der Waals surface area contributed by atoms with Crippen LogP contribution in [0.3, 0.4) is 0 Å². The molecule has 1 aliphatic heterocycles. The summed E-state index contributed by atoms with van der Waals surface area (Å²) in [5.74, 6) is 0.900. The molecule has 24 heavy (non-hydrogen) atoms. The topological polar surface area (TPSA) is 51.4 Å². The highest BCUT2D eigenvalue weighted by atomic mass is 16.5. The molecule has 1 aliphatic rings. The van der Waals surface area contributed by atoms with E-state index in [2.05, 4.69) is 48.0 Å². The van der Waals surface area contributed by atoms with Crippen LogP contribution in [0, 0.1) is 5.41 Å². The fraction of sp³-hybridized carbons (Fsp3) is 0.450. The molecule has 4 heteroatoms. The minimum atomic E-state index is 0.186. The summed E-state index contributed by atoms with van der Waals surface area (Å²) in [6, 6.07) is 12.7. The van der Waals surface area contributed by atoms with E-state index in [0.29, 0.717) is 12.6 Å². The highest BCUT2D eigenvalue weighted by Gasteiger charge is 2.33. The zero-order chi connectivity index (χ0) is 17.0. The molecule has 0 aliphatic carbocycles. The van der Waals surface area contributed by atoms with Crippen LogP contribution in [0.4, 0.5) is 0 Å². The predicted octanol–water partition coefficient (Wildman–Crippen LogP) is 3.22. The Hall–Kier alpha value is -1.91. The second-order valence-corrected chi connectivity index (χ2v) is 7.38. The van der Waals surface area contributed by atoms with Crippen LogP contribution in [0.2, 0.25) is 0 Å².